The van der Waals surface area contributed by atoms with E-state index in [4.69, 9.17) is 0 Å². The molecule has 0 bridgehead atoms. The number of benzene rings is 2. The van der Waals surface area contributed by atoms with Crippen LogP contribution in [-0.2, 0) is 27.6 Å². The second kappa shape index (κ2) is 13.2. The average molecular weight is 505 g/mol. The quantitative estimate of drug-likeness (QED) is 0.336. The molecule has 0 amide bonds. The summed E-state index contributed by atoms with van der Waals surface area (Å²) < 4.78 is 44.0. The van der Waals surface area contributed by atoms with E-state index in [1.54, 1.807) is 18.3 Å². The first-order chi connectivity index (χ1) is 16.0. The third-order valence-corrected chi connectivity index (χ3v) is 8.84. The Labute approximate surface area is 209 Å². The van der Waals surface area contributed by atoms with E-state index in [-0.39, 0.29) is 17.5 Å². The first-order valence-corrected chi connectivity index (χ1v) is 14.6. The fourth-order valence-electron chi connectivity index (χ4n) is 3.33. The highest BCUT2D eigenvalue weighted by atomic mass is 32.2. The zero-order chi connectivity index (χ0) is 25.2. The van der Waals surface area contributed by atoms with E-state index in [2.05, 4.69) is 11.6 Å². The highest BCUT2D eigenvalue weighted by Crippen LogP contribution is 2.21. The van der Waals surface area contributed by atoms with Crippen LogP contribution in [0.5, 0.6) is 0 Å². The van der Waals surface area contributed by atoms with Crippen LogP contribution < -0.4 is 4.72 Å². The number of nitrogens with one attached hydrogen (secondary N) is 1. The first kappa shape index (κ1) is 28.3. The molecule has 2 rings (SSSR count). The summed E-state index contributed by atoms with van der Waals surface area (Å²) in [6.45, 7) is 10.1. The highest BCUT2D eigenvalue weighted by Gasteiger charge is 2.24. The van der Waals surface area contributed by atoms with Crippen LogP contribution in [0.15, 0.2) is 71.8 Å². The molecule has 34 heavy (non-hydrogen) atoms. The van der Waals surface area contributed by atoms with Crippen molar-refractivity contribution in [3.05, 3.63) is 78.0 Å². The van der Waals surface area contributed by atoms with Crippen LogP contribution in [0.2, 0.25) is 0 Å². The van der Waals surface area contributed by atoms with Gasteiger partial charge in [-0.3, -0.25) is 4.31 Å². The predicted molar refractivity (Wildman–Crippen MR) is 143 cm³/mol. The van der Waals surface area contributed by atoms with Crippen LogP contribution in [0.1, 0.15) is 70.9 Å². The van der Waals surface area contributed by atoms with E-state index in [0.717, 1.165) is 43.2 Å². The maximum Gasteiger partial charge on any atom is 0.264 e. The Morgan fingerprint density at radius 2 is 1.65 bits per heavy atom. The van der Waals surface area contributed by atoms with Crippen LogP contribution >= 0.6 is 0 Å². The standard InChI is InChI=1S/C27H40N2O3S2/c1-6-7-8-12-15-25(28-33(30)27(3,4)5)20-21-29(22-24-13-10-9-11-14-24)34(31,32)26-18-16-23(2)17-19-26/h9-11,13-14,16-21,25,28H,6-8,12,15,22H2,1-5H3/b21-20+/t25-,33?/m0/s1. The van der Waals surface area contributed by atoms with Gasteiger partial charge in [-0.1, -0.05) is 80.6 Å². The largest absolute Gasteiger partial charge is 0.269 e. The molecule has 5 nitrogen and oxygen atoms in total. The van der Waals surface area contributed by atoms with Crippen molar-refractivity contribution in [1.82, 2.24) is 9.03 Å². The molecule has 0 aliphatic heterocycles. The minimum Gasteiger partial charge on any atom is -0.269 e. The van der Waals surface area contributed by atoms with Gasteiger partial charge in [0.05, 0.1) is 27.2 Å². The SMILES string of the molecule is CCCCCC[C@@H](/C=C/N(Cc1ccccc1)S(=O)(=O)c1ccc(C)cc1)NS(=O)C(C)(C)C. The molecule has 2 atom stereocenters. The smallest absolute Gasteiger partial charge is 0.264 e. The van der Waals surface area contributed by atoms with Gasteiger partial charge < -0.3 is 0 Å². The maximum atomic E-state index is 13.5. The predicted octanol–water partition coefficient (Wildman–Crippen LogP) is 6.09. The molecule has 2 aromatic rings. The lowest BCUT2D eigenvalue weighted by Gasteiger charge is -2.24. The van der Waals surface area contributed by atoms with Crippen molar-refractivity contribution < 1.29 is 12.6 Å². The van der Waals surface area contributed by atoms with Gasteiger partial charge in [-0.05, 0) is 57.9 Å². The second-order valence-electron chi connectivity index (χ2n) is 9.65. The van der Waals surface area contributed by atoms with E-state index in [1.165, 1.54) is 4.31 Å². The van der Waals surface area contributed by atoms with Crippen molar-refractivity contribution in [1.29, 1.82) is 0 Å². The fourth-order valence-corrected chi connectivity index (χ4v) is 5.45. The normalized spacial score (nSPS) is 14.3. The summed E-state index contributed by atoms with van der Waals surface area (Å²) in [4.78, 5) is 0.254. The zero-order valence-electron chi connectivity index (χ0n) is 21.2. The number of nitrogens with zero attached hydrogens (tertiary/aromatic N) is 1. The van der Waals surface area contributed by atoms with Gasteiger partial charge in [-0.2, -0.15) is 0 Å². The Morgan fingerprint density at radius 3 is 2.24 bits per heavy atom. The van der Waals surface area contributed by atoms with Crippen LogP contribution in [0.3, 0.4) is 0 Å². The highest BCUT2D eigenvalue weighted by molar-refractivity contribution is 7.89. The summed E-state index contributed by atoms with van der Waals surface area (Å²) in [5, 5.41) is 0. The maximum absolute atomic E-state index is 13.5. The number of unbranched alkanes of at least 4 members (excludes halogenated alkanes) is 3. The summed E-state index contributed by atoms with van der Waals surface area (Å²) in [7, 11) is -5.01. The molecule has 188 valence electrons. The van der Waals surface area contributed by atoms with E-state index in [1.807, 2.05) is 76.2 Å². The second-order valence-corrected chi connectivity index (χ2v) is 13.5. The molecule has 7 heteroatoms. The van der Waals surface area contributed by atoms with Crippen LogP contribution in [0.4, 0.5) is 0 Å². The third-order valence-electron chi connectivity index (χ3n) is 5.48. The molecule has 1 unspecified atom stereocenters. The van der Waals surface area contributed by atoms with E-state index < -0.39 is 25.8 Å². The van der Waals surface area contributed by atoms with Crippen LogP contribution in [0.25, 0.3) is 0 Å². The van der Waals surface area contributed by atoms with Gasteiger partial charge in [0.25, 0.3) is 10.0 Å². The molecule has 0 saturated carbocycles. The Kier molecular flexibility index (Phi) is 11.0. The number of hydrogen-bond donors (Lipinski definition) is 1. The summed E-state index contributed by atoms with van der Waals surface area (Å²) in [5.41, 5.74) is 1.90. The Bertz CT molecular complexity index is 1030. The van der Waals surface area contributed by atoms with Crippen molar-refractivity contribution in [3.8, 4) is 0 Å². The van der Waals surface area contributed by atoms with Crippen molar-refractivity contribution in [2.24, 2.45) is 0 Å². The summed E-state index contributed by atoms with van der Waals surface area (Å²) in [6, 6.07) is 16.3. The molecule has 0 fully saturated rings. The van der Waals surface area contributed by atoms with Crippen molar-refractivity contribution >= 4 is 21.0 Å². The lowest BCUT2D eigenvalue weighted by Crippen LogP contribution is -2.39. The molecule has 1 N–H and O–H groups in total. The van der Waals surface area contributed by atoms with E-state index in [9.17, 15) is 12.6 Å². The molecule has 0 aliphatic rings. The third kappa shape index (κ3) is 9.01. The van der Waals surface area contributed by atoms with Crippen LogP contribution in [0, 0.1) is 6.92 Å². The molecule has 0 saturated heterocycles. The molecule has 0 spiro atoms. The van der Waals surface area contributed by atoms with Crippen molar-refractivity contribution in [2.75, 3.05) is 0 Å². The Hall–Kier alpha value is -1.96. The molecular weight excluding hydrogens is 464 g/mol. The molecule has 0 aromatic heterocycles. The van der Waals surface area contributed by atoms with E-state index >= 15 is 0 Å². The molecular formula is C27H40N2O3S2. The van der Waals surface area contributed by atoms with Gasteiger partial charge in [-0.15, -0.1) is 0 Å². The summed E-state index contributed by atoms with van der Waals surface area (Å²) >= 11 is 0. The molecule has 2 aromatic carbocycles. The van der Waals surface area contributed by atoms with Gasteiger partial charge in [0.2, 0.25) is 0 Å². The number of aryl methyl sites for hydroxylation is 1. The number of hydrogen-bond acceptors (Lipinski definition) is 3. The Balaban J connectivity index is 2.34. The first-order valence-electron chi connectivity index (χ1n) is 12.0. The van der Waals surface area contributed by atoms with Gasteiger partial charge in [0.1, 0.15) is 0 Å². The number of rotatable bonds is 13. The fraction of sp³-hybridized carbons (Fsp3) is 0.481. The molecule has 0 radical (unpaired) electrons. The van der Waals surface area contributed by atoms with Gasteiger partial charge in [-0.25, -0.2) is 17.3 Å². The van der Waals surface area contributed by atoms with Gasteiger partial charge in [0.15, 0.2) is 0 Å². The average Bonchev–Trinajstić information content (AvgIpc) is 2.79. The lowest BCUT2D eigenvalue weighted by atomic mass is 10.1. The lowest BCUT2D eigenvalue weighted by molar-refractivity contribution is 0.490. The molecule has 0 heterocycles. The topological polar surface area (TPSA) is 66.5 Å². The minimum atomic E-state index is -3.75. The zero-order valence-corrected chi connectivity index (χ0v) is 22.8. The Morgan fingerprint density at radius 1 is 1.00 bits per heavy atom. The van der Waals surface area contributed by atoms with Gasteiger partial charge >= 0.3 is 0 Å². The van der Waals surface area contributed by atoms with Crippen LogP contribution in [-0.4, -0.2) is 27.7 Å². The van der Waals surface area contributed by atoms with Gasteiger partial charge in [0, 0.05) is 12.2 Å². The van der Waals surface area contributed by atoms with Crippen molar-refractivity contribution in [3.63, 3.8) is 0 Å². The van der Waals surface area contributed by atoms with Crippen molar-refractivity contribution in [2.45, 2.75) is 89.0 Å². The minimum absolute atomic E-state index is 0.191. The molecule has 0 aliphatic carbocycles. The number of sulfonamides is 1. The summed E-state index contributed by atoms with van der Waals surface area (Å²) in [5.74, 6) is 0. The van der Waals surface area contributed by atoms with E-state index in [0.29, 0.717) is 0 Å². The monoisotopic (exact) mass is 504 g/mol. The summed E-state index contributed by atoms with van der Waals surface area (Å²) in [6.07, 6.45) is 8.66.